The van der Waals surface area contributed by atoms with Gasteiger partial charge in [0.15, 0.2) is 11.5 Å². The standard InChI is InChI=1S/C18H19N5O2/c24-18(16-13-5-1-2-6-14(13)22-23-16)21-11-12-9-19-17(20-10-12)15-7-3-4-8-25-15/h1-2,5-6,9-10,15H,3-4,7-8,11H2,(H,21,24)(H,22,23)/t15-/m0/s1. The number of nitrogens with zero attached hydrogens (tertiary/aromatic N) is 3. The second-order valence-electron chi connectivity index (χ2n) is 6.11. The van der Waals surface area contributed by atoms with Crippen LogP contribution in [0.4, 0.5) is 0 Å². The average molecular weight is 337 g/mol. The zero-order valence-electron chi connectivity index (χ0n) is 13.7. The van der Waals surface area contributed by atoms with E-state index in [0.717, 1.165) is 42.3 Å². The van der Waals surface area contributed by atoms with Crippen LogP contribution in [0.2, 0.25) is 0 Å². The summed E-state index contributed by atoms with van der Waals surface area (Å²) in [4.78, 5) is 21.1. The van der Waals surface area contributed by atoms with E-state index in [4.69, 9.17) is 4.74 Å². The Balaban J connectivity index is 1.40. The van der Waals surface area contributed by atoms with Crippen LogP contribution in [-0.4, -0.2) is 32.7 Å². The fourth-order valence-corrected chi connectivity index (χ4v) is 2.97. The number of aromatic amines is 1. The summed E-state index contributed by atoms with van der Waals surface area (Å²) in [7, 11) is 0. The van der Waals surface area contributed by atoms with Crippen LogP contribution in [0.15, 0.2) is 36.7 Å². The highest BCUT2D eigenvalue weighted by molar-refractivity contribution is 6.04. The molecule has 0 spiro atoms. The summed E-state index contributed by atoms with van der Waals surface area (Å²) in [6, 6.07) is 7.54. The summed E-state index contributed by atoms with van der Waals surface area (Å²) in [6.07, 6.45) is 6.67. The second kappa shape index (κ2) is 6.98. The van der Waals surface area contributed by atoms with E-state index in [1.165, 1.54) is 0 Å². The van der Waals surface area contributed by atoms with E-state index >= 15 is 0 Å². The quantitative estimate of drug-likeness (QED) is 0.763. The van der Waals surface area contributed by atoms with Gasteiger partial charge in [-0.25, -0.2) is 9.97 Å². The van der Waals surface area contributed by atoms with Gasteiger partial charge in [0.25, 0.3) is 5.91 Å². The van der Waals surface area contributed by atoms with Crippen LogP contribution in [0.3, 0.4) is 0 Å². The summed E-state index contributed by atoms with van der Waals surface area (Å²) < 4.78 is 5.69. The number of para-hydroxylation sites is 1. The van der Waals surface area contributed by atoms with Crippen molar-refractivity contribution >= 4 is 16.8 Å². The fourth-order valence-electron chi connectivity index (χ4n) is 2.97. The van der Waals surface area contributed by atoms with Crippen LogP contribution in [0.5, 0.6) is 0 Å². The number of hydrogen-bond donors (Lipinski definition) is 2. The smallest absolute Gasteiger partial charge is 0.272 e. The zero-order chi connectivity index (χ0) is 17.1. The molecule has 0 saturated carbocycles. The van der Waals surface area contributed by atoms with E-state index in [-0.39, 0.29) is 12.0 Å². The van der Waals surface area contributed by atoms with Crippen LogP contribution in [0.25, 0.3) is 10.9 Å². The molecule has 1 aliphatic heterocycles. The topological polar surface area (TPSA) is 92.8 Å². The first-order valence-corrected chi connectivity index (χ1v) is 8.45. The van der Waals surface area contributed by atoms with Crippen molar-refractivity contribution in [2.75, 3.05) is 6.61 Å². The molecule has 1 aliphatic rings. The molecule has 2 N–H and O–H groups in total. The van der Waals surface area contributed by atoms with Gasteiger partial charge in [-0.3, -0.25) is 9.89 Å². The van der Waals surface area contributed by atoms with Gasteiger partial charge >= 0.3 is 0 Å². The monoisotopic (exact) mass is 337 g/mol. The number of carbonyl (C=O) groups is 1. The van der Waals surface area contributed by atoms with Crippen LogP contribution in [-0.2, 0) is 11.3 Å². The van der Waals surface area contributed by atoms with Gasteiger partial charge in [-0.1, -0.05) is 18.2 Å². The molecule has 25 heavy (non-hydrogen) atoms. The zero-order valence-corrected chi connectivity index (χ0v) is 13.7. The van der Waals surface area contributed by atoms with E-state index in [1.54, 1.807) is 12.4 Å². The summed E-state index contributed by atoms with van der Waals surface area (Å²) in [5, 5.41) is 10.6. The highest BCUT2D eigenvalue weighted by Gasteiger charge is 2.18. The Labute approximate surface area is 144 Å². The number of amides is 1. The molecular weight excluding hydrogens is 318 g/mol. The SMILES string of the molecule is O=C(NCc1cnc([C@@H]2CCCCO2)nc1)c1n[nH]c2ccccc12. The highest BCUT2D eigenvalue weighted by atomic mass is 16.5. The number of H-pyrrole nitrogens is 1. The van der Waals surface area contributed by atoms with Gasteiger partial charge in [0, 0.05) is 36.5 Å². The van der Waals surface area contributed by atoms with Crippen LogP contribution < -0.4 is 5.32 Å². The highest BCUT2D eigenvalue weighted by Crippen LogP contribution is 2.24. The molecule has 0 bridgehead atoms. The maximum atomic E-state index is 12.4. The first-order chi connectivity index (χ1) is 12.3. The number of carbonyl (C=O) groups excluding carboxylic acids is 1. The lowest BCUT2D eigenvalue weighted by Gasteiger charge is -2.21. The molecule has 128 valence electrons. The molecule has 0 unspecified atom stereocenters. The third-order valence-corrected chi connectivity index (χ3v) is 4.33. The van der Waals surface area contributed by atoms with Crippen molar-refractivity contribution in [3.8, 4) is 0 Å². The van der Waals surface area contributed by atoms with Crippen molar-refractivity contribution in [2.24, 2.45) is 0 Å². The maximum absolute atomic E-state index is 12.4. The van der Waals surface area contributed by atoms with Gasteiger partial charge in [-0.05, 0) is 25.3 Å². The maximum Gasteiger partial charge on any atom is 0.272 e. The lowest BCUT2D eigenvalue weighted by Crippen LogP contribution is -2.23. The molecule has 1 fully saturated rings. The summed E-state index contributed by atoms with van der Waals surface area (Å²) >= 11 is 0. The van der Waals surface area contributed by atoms with E-state index in [2.05, 4.69) is 25.5 Å². The van der Waals surface area contributed by atoms with E-state index in [0.29, 0.717) is 18.1 Å². The van der Waals surface area contributed by atoms with Gasteiger partial charge in [-0.15, -0.1) is 0 Å². The van der Waals surface area contributed by atoms with Crippen molar-refractivity contribution in [3.63, 3.8) is 0 Å². The molecule has 7 heteroatoms. The minimum absolute atomic E-state index is 0.00666. The second-order valence-corrected chi connectivity index (χ2v) is 6.11. The fraction of sp³-hybridized carbons (Fsp3) is 0.333. The molecule has 0 aliphatic carbocycles. The van der Waals surface area contributed by atoms with E-state index in [9.17, 15) is 4.79 Å². The molecule has 4 rings (SSSR count). The molecule has 1 aromatic carbocycles. The number of benzene rings is 1. The molecule has 0 radical (unpaired) electrons. The molecule has 3 aromatic rings. The first kappa shape index (κ1) is 15.7. The average Bonchev–Trinajstić information content (AvgIpc) is 3.11. The number of nitrogens with one attached hydrogen (secondary N) is 2. The summed E-state index contributed by atoms with van der Waals surface area (Å²) in [6.45, 7) is 1.12. The lowest BCUT2D eigenvalue weighted by atomic mass is 10.1. The van der Waals surface area contributed by atoms with Crippen LogP contribution in [0.1, 0.15) is 47.2 Å². The molecule has 1 saturated heterocycles. The number of rotatable bonds is 4. The van der Waals surface area contributed by atoms with Gasteiger partial charge in [0.2, 0.25) is 0 Å². The Kier molecular flexibility index (Phi) is 4.39. The molecule has 7 nitrogen and oxygen atoms in total. The Morgan fingerprint density at radius 1 is 1.24 bits per heavy atom. The first-order valence-electron chi connectivity index (χ1n) is 8.45. The van der Waals surface area contributed by atoms with Crippen molar-refractivity contribution in [1.29, 1.82) is 0 Å². The number of fused-ring (bicyclic) bond motifs is 1. The Bertz CT molecular complexity index is 869. The van der Waals surface area contributed by atoms with Crippen LogP contribution in [0, 0.1) is 0 Å². The number of aromatic nitrogens is 4. The van der Waals surface area contributed by atoms with Crippen LogP contribution >= 0.6 is 0 Å². The predicted octanol–water partition coefficient (Wildman–Crippen LogP) is 2.52. The predicted molar refractivity (Wildman–Crippen MR) is 91.8 cm³/mol. The minimum atomic E-state index is -0.225. The third kappa shape index (κ3) is 3.36. The Hall–Kier alpha value is -2.80. The normalized spacial score (nSPS) is 17.5. The van der Waals surface area contributed by atoms with Crippen molar-refractivity contribution in [2.45, 2.75) is 31.9 Å². The summed E-state index contributed by atoms with van der Waals surface area (Å²) in [5.74, 6) is 0.491. The Morgan fingerprint density at radius 3 is 2.88 bits per heavy atom. The number of hydrogen-bond acceptors (Lipinski definition) is 5. The molecule has 1 atom stereocenters. The lowest BCUT2D eigenvalue weighted by molar-refractivity contribution is 0.00940. The largest absolute Gasteiger partial charge is 0.370 e. The third-order valence-electron chi connectivity index (χ3n) is 4.33. The van der Waals surface area contributed by atoms with Gasteiger partial charge in [0.1, 0.15) is 6.10 Å². The van der Waals surface area contributed by atoms with Crippen molar-refractivity contribution < 1.29 is 9.53 Å². The summed E-state index contributed by atoms with van der Waals surface area (Å²) in [5.41, 5.74) is 2.07. The van der Waals surface area contributed by atoms with E-state index < -0.39 is 0 Å². The molecule has 2 aromatic heterocycles. The van der Waals surface area contributed by atoms with Gasteiger partial charge in [-0.2, -0.15) is 5.10 Å². The molecule has 3 heterocycles. The van der Waals surface area contributed by atoms with Gasteiger partial charge in [0.05, 0.1) is 5.52 Å². The van der Waals surface area contributed by atoms with Crippen molar-refractivity contribution in [3.05, 3.63) is 53.7 Å². The van der Waals surface area contributed by atoms with Gasteiger partial charge < -0.3 is 10.1 Å². The Morgan fingerprint density at radius 2 is 2.08 bits per heavy atom. The number of ether oxygens (including phenoxy) is 1. The van der Waals surface area contributed by atoms with E-state index in [1.807, 2.05) is 24.3 Å². The molecular formula is C18H19N5O2. The van der Waals surface area contributed by atoms with Crippen molar-refractivity contribution in [1.82, 2.24) is 25.5 Å². The minimum Gasteiger partial charge on any atom is -0.370 e. The molecule has 1 amide bonds.